The molecule has 0 aliphatic heterocycles. The van der Waals surface area contributed by atoms with Crippen molar-refractivity contribution in [2.24, 2.45) is 0 Å². The SMILES string of the molecule is CCCCCS(=O)(=O)CCNc1ccc(C)cc1. The van der Waals surface area contributed by atoms with E-state index in [2.05, 4.69) is 12.2 Å². The molecule has 0 spiro atoms. The molecule has 3 nitrogen and oxygen atoms in total. The van der Waals surface area contributed by atoms with E-state index in [1.165, 1.54) is 5.56 Å². The Morgan fingerprint density at radius 2 is 1.72 bits per heavy atom. The molecule has 1 rings (SSSR count). The number of sulfone groups is 1. The maximum absolute atomic E-state index is 11.7. The second kappa shape index (κ2) is 7.41. The van der Waals surface area contributed by atoms with Crippen molar-refractivity contribution in [1.82, 2.24) is 0 Å². The lowest BCUT2D eigenvalue weighted by Crippen LogP contribution is -2.18. The molecule has 0 fully saturated rings. The second-order valence-electron chi connectivity index (χ2n) is 4.65. The van der Waals surface area contributed by atoms with Crippen LogP contribution in [0.3, 0.4) is 0 Å². The van der Waals surface area contributed by atoms with E-state index in [4.69, 9.17) is 0 Å². The van der Waals surface area contributed by atoms with E-state index in [1.54, 1.807) is 0 Å². The highest BCUT2D eigenvalue weighted by Gasteiger charge is 2.09. The van der Waals surface area contributed by atoms with Gasteiger partial charge in [0.05, 0.1) is 11.5 Å². The first-order valence-corrected chi connectivity index (χ1v) is 8.36. The van der Waals surface area contributed by atoms with Crippen molar-refractivity contribution in [2.75, 3.05) is 23.4 Å². The fraction of sp³-hybridized carbons (Fsp3) is 0.571. The van der Waals surface area contributed by atoms with Crippen molar-refractivity contribution in [1.29, 1.82) is 0 Å². The molecular weight excluding hydrogens is 246 g/mol. The van der Waals surface area contributed by atoms with Crippen LogP contribution in [0.2, 0.25) is 0 Å². The van der Waals surface area contributed by atoms with E-state index in [0.29, 0.717) is 12.3 Å². The van der Waals surface area contributed by atoms with Gasteiger partial charge < -0.3 is 5.32 Å². The van der Waals surface area contributed by atoms with Crippen LogP contribution in [0, 0.1) is 6.92 Å². The summed E-state index contributed by atoms with van der Waals surface area (Å²) in [5.74, 6) is 0.529. The average Bonchev–Trinajstić information content (AvgIpc) is 2.32. The summed E-state index contributed by atoms with van der Waals surface area (Å²) >= 11 is 0. The Morgan fingerprint density at radius 3 is 2.33 bits per heavy atom. The van der Waals surface area contributed by atoms with Gasteiger partial charge in [-0.1, -0.05) is 37.5 Å². The van der Waals surface area contributed by atoms with Crippen LogP contribution < -0.4 is 5.32 Å². The Balaban J connectivity index is 2.30. The van der Waals surface area contributed by atoms with Gasteiger partial charge in [-0.3, -0.25) is 0 Å². The van der Waals surface area contributed by atoms with Gasteiger partial charge in [-0.2, -0.15) is 0 Å². The third-order valence-corrected chi connectivity index (χ3v) is 4.59. The molecule has 0 atom stereocenters. The Labute approximate surface area is 111 Å². The Morgan fingerprint density at radius 1 is 1.06 bits per heavy atom. The fourth-order valence-electron chi connectivity index (χ4n) is 1.70. The number of unbranched alkanes of at least 4 members (excludes halogenated alkanes) is 2. The van der Waals surface area contributed by atoms with E-state index in [-0.39, 0.29) is 5.75 Å². The molecule has 0 amide bonds. The predicted molar refractivity (Wildman–Crippen MR) is 77.8 cm³/mol. The van der Waals surface area contributed by atoms with Crippen LogP contribution >= 0.6 is 0 Å². The number of hydrogen-bond acceptors (Lipinski definition) is 3. The van der Waals surface area contributed by atoms with Crippen LogP contribution in [0.25, 0.3) is 0 Å². The van der Waals surface area contributed by atoms with Gasteiger partial charge in [-0.05, 0) is 25.5 Å². The third-order valence-electron chi connectivity index (χ3n) is 2.85. The molecule has 0 radical (unpaired) electrons. The normalized spacial score (nSPS) is 11.4. The molecule has 0 unspecified atom stereocenters. The minimum absolute atomic E-state index is 0.213. The van der Waals surface area contributed by atoms with Crippen LogP contribution in [0.15, 0.2) is 24.3 Å². The number of aryl methyl sites for hydroxylation is 1. The van der Waals surface area contributed by atoms with Gasteiger partial charge in [-0.25, -0.2) is 8.42 Å². The summed E-state index contributed by atoms with van der Waals surface area (Å²) < 4.78 is 23.4. The highest BCUT2D eigenvalue weighted by molar-refractivity contribution is 7.91. The number of anilines is 1. The number of hydrogen-bond donors (Lipinski definition) is 1. The van der Waals surface area contributed by atoms with Crippen LogP contribution in [0.4, 0.5) is 5.69 Å². The van der Waals surface area contributed by atoms with Crippen LogP contribution in [-0.4, -0.2) is 26.5 Å². The molecule has 0 saturated heterocycles. The highest BCUT2D eigenvalue weighted by Crippen LogP contribution is 2.08. The van der Waals surface area contributed by atoms with Crippen molar-refractivity contribution < 1.29 is 8.42 Å². The molecule has 0 aromatic heterocycles. The van der Waals surface area contributed by atoms with Crippen molar-refractivity contribution in [3.05, 3.63) is 29.8 Å². The van der Waals surface area contributed by atoms with Crippen LogP contribution in [-0.2, 0) is 9.84 Å². The molecule has 102 valence electrons. The summed E-state index contributed by atoms with van der Waals surface area (Å²) in [5.41, 5.74) is 2.18. The van der Waals surface area contributed by atoms with Gasteiger partial charge in [-0.15, -0.1) is 0 Å². The summed E-state index contributed by atoms with van der Waals surface area (Å²) in [6.07, 6.45) is 2.82. The topological polar surface area (TPSA) is 46.2 Å². The van der Waals surface area contributed by atoms with Gasteiger partial charge >= 0.3 is 0 Å². The minimum Gasteiger partial charge on any atom is -0.384 e. The molecule has 0 heterocycles. The van der Waals surface area contributed by atoms with Gasteiger partial charge in [0.1, 0.15) is 0 Å². The Hall–Kier alpha value is -1.03. The Kier molecular flexibility index (Phi) is 6.19. The number of benzene rings is 1. The van der Waals surface area contributed by atoms with E-state index < -0.39 is 9.84 Å². The monoisotopic (exact) mass is 269 g/mol. The van der Waals surface area contributed by atoms with Crippen molar-refractivity contribution in [2.45, 2.75) is 33.1 Å². The summed E-state index contributed by atoms with van der Waals surface area (Å²) in [6.45, 7) is 4.59. The lowest BCUT2D eigenvalue weighted by atomic mass is 10.2. The molecule has 1 aromatic carbocycles. The molecule has 18 heavy (non-hydrogen) atoms. The molecule has 0 saturated carbocycles. The summed E-state index contributed by atoms with van der Waals surface area (Å²) in [7, 11) is -2.89. The summed E-state index contributed by atoms with van der Waals surface area (Å²) in [4.78, 5) is 0. The molecule has 4 heteroatoms. The first-order valence-electron chi connectivity index (χ1n) is 6.54. The molecular formula is C14H23NO2S. The molecule has 1 N–H and O–H groups in total. The molecule has 0 aliphatic carbocycles. The number of rotatable bonds is 8. The van der Waals surface area contributed by atoms with E-state index in [9.17, 15) is 8.42 Å². The third kappa shape index (κ3) is 6.05. The molecule has 1 aromatic rings. The predicted octanol–water partition coefficient (Wildman–Crippen LogP) is 3.01. The first kappa shape index (κ1) is 15.0. The smallest absolute Gasteiger partial charge is 0.152 e. The standard InChI is InChI=1S/C14H23NO2S/c1-3-4-5-11-18(16,17)12-10-15-14-8-6-13(2)7-9-14/h6-9,15H,3-5,10-12H2,1-2H3. The zero-order valence-corrected chi connectivity index (χ0v) is 12.1. The van der Waals surface area contributed by atoms with Gasteiger partial charge in [0.25, 0.3) is 0 Å². The van der Waals surface area contributed by atoms with E-state index in [0.717, 1.165) is 24.9 Å². The average molecular weight is 269 g/mol. The highest BCUT2D eigenvalue weighted by atomic mass is 32.2. The second-order valence-corrected chi connectivity index (χ2v) is 6.96. The van der Waals surface area contributed by atoms with E-state index >= 15 is 0 Å². The number of nitrogens with one attached hydrogen (secondary N) is 1. The molecule has 0 bridgehead atoms. The van der Waals surface area contributed by atoms with E-state index in [1.807, 2.05) is 31.2 Å². The quantitative estimate of drug-likeness (QED) is 0.738. The largest absolute Gasteiger partial charge is 0.384 e. The molecule has 0 aliphatic rings. The zero-order valence-electron chi connectivity index (χ0n) is 11.3. The fourth-order valence-corrected chi connectivity index (χ4v) is 2.96. The van der Waals surface area contributed by atoms with Crippen LogP contribution in [0.5, 0.6) is 0 Å². The lowest BCUT2D eigenvalue weighted by molar-refractivity contribution is 0.591. The first-order chi connectivity index (χ1) is 8.53. The van der Waals surface area contributed by atoms with Gasteiger partial charge in [0.2, 0.25) is 0 Å². The summed E-state index contributed by atoms with van der Waals surface area (Å²) in [6, 6.07) is 7.97. The maximum atomic E-state index is 11.7. The summed E-state index contributed by atoms with van der Waals surface area (Å²) in [5, 5.41) is 3.14. The van der Waals surface area contributed by atoms with Gasteiger partial charge in [0, 0.05) is 12.2 Å². The maximum Gasteiger partial charge on any atom is 0.152 e. The van der Waals surface area contributed by atoms with Crippen molar-refractivity contribution in [3.63, 3.8) is 0 Å². The Bertz CT molecular complexity index is 437. The zero-order chi connectivity index (χ0) is 13.4. The van der Waals surface area contributed by atoms with Crippen molar-refractivity contribution >= 4 is 15.5 Å². The van der Waals surface area contributed by atoms with Crippen LogP contribution in [0.1, 0.15) is 31.7 Å². The van der Waals surface area contributed by atoms with Crippen molar-refractivity contribution in [3.8, 4) is 0 Å². The minimum atomic E-state index is -2.89. The van der Waals surface area contributed by atoms with Gasteiger partial charge in [0.15, 0.2) is 9.84 Å². The lowest BCUT2D eigenvalue weighted by Gasteiger charge is -2.07.